The standard InChI is InChI=1S/C14H21N3O3S.ClH/c1-2-3-10-21(19,20)17-12-6-4-11(5-7-12)16-13(18)14(15)8-9-14;/h4-7,17H,2-3,8-10,15H2,1H3,(H,16,18);1H. The van der Waals surface area contributed by atoms with Crippen LogP contribution < -0.4 is 15.8 Å². The first-order valence-corrected chi connectivity index (χ1v) is 8.71. The second-order valence-electron chi connectivity index (χ2n) is 5.46. The van der Waals surface area contributed by atoms with Gasteiger partial charge >= 0.3 is 0 Å². The summed E-state index contributed by atoms with van der Waals surface area (Å²) in [4.78, 5) is 11.8. The normalized spacial score (nSPS) is 15.5. The molecule has 1 saturated carbocycles. The van der Waals surface area contributed by atoms with Crippen molar-refractivity contribution in [1.29, 1.82) is 0 Å². The van der Waals surface area contributed by atoms with Crippen LogP contribution in [0.4, 0.5) is 11.4 Å². The maximum absolute atomic E-state index is 11.8. The summed E-state index contributed by atoms with van der Waals surface area (Å²) in [5, 5.41) is 2.73. The van der Waals surface area contributed by atoms with E-state index < -0.39 is 15.6 Å². The smallest absolute Gasteiger partial charge is 0.244 e. The second kappa shape index (κ2) is 7.30. The highest BCUT2D eigenvalue weighted by Gasteiger charge is 2.45. The lowest BCUT2D eigenvalue weighted by Crippen LogP contribution is -2.37. The van der Waals surface area contributed by atoms with Crippen LogP contribution >= 0.6 is 12.4 Å². The fourth-order valence-corrected chi connectivity index (χ4v) is 3.07. The summed E-state index contributed by atoms with van der Waals surface area (Å²) in [6.45, 7) is 1.94. The number of rotatable bonds is 7. The first kappa shape index (κ1) is 18.7. The van der Waals surface area contributed by atoms with Crippen molar-refractivity contribution in [2.45, 2.75) is 38.1 Å². The van der Waals surface area contributed by atoms with Crippen molar-refractivity contribution in [2.24, 2.45) is 5.73 Å². The zero-order chi connectivity index (χ0) is 15.5. The maximum atomic E-state index is 11.8. The molecule has 6 nitrogen and oxygen atoms in total. The molecule has 8 heteroatoms. The number of hydrogen-bond acceptors (Lipinski definition) is 4. The fourth-order valence-electron chi connectivity index (χ4n) is 1.80. The lowest BCUT2D eigenvalue weighted by atomic mass is 10.2. The molecule has 0 heterocycles. The molecule has 1 aromatic carbocycles. The van der Waals surface area contributed by atoms with E-state index in [2.05, 4.69) is 10.0 Å². The maximum Gasteiger partial charge on any atom is 0.244 e. The van der Waals surface area contributed by atoms with E-state index in [1.165, 1.54) is 0 Å². The van der Waals surface area contributed by atoms with Gasteiger partial charge in [-0.05, 0) is 43.5 Å². The van der Waals surface area contributed by atoms with Crippen molar-refractivity contribution < 1.29 is 13.2 Å². The first-order chi connectivity index (χ1) is 9.85. The monoisotopic (exact) mass is 347 g/mol. The van der Waals surface area contributed by atoms with Gasteiger partial charge in [0.2, 0.25) is 15.9 Å². The van der Waals surface area contributed by atoms with Crippen LogP contribution in [-0.4, -0.2) is 25.6 Å². The highest BCUT2D eigenvalue weighted by Crippen LogP contribution is 2.33. The third-order valence-electron chi connectivity index (χ3n) is 3.42. The van der Waals surface area contributed by atoms with Gasteiger partial charge in [0.05, 0.1) is 11.3 Å². The number of anilines is 2. The van der Waals surface area contributed by atoms with Crippen LogP contribution in [-0.2, 0) is 14.8 Å². The summed E-state index contributed by atoms with van der Waals surface area (Å²) in [7, 11) is -3.30. The molecule has 1 amide bonds. The van der Waals surface area contributed by atoms with Crippen molar-refractivity contribution in [3.63, 3.8) is 0 Å². The summed E-state index contributed by atoms with van der Waals surface area (Å²) >= 11 is 0. The Labute approximate surface area is 137 Å². The van der Waals surface area contributed by atoms with E-state index in [-0.39, 0.29) is 24.1 Å². The van der Waals surface area contributed by atoms with Crippen LogP contribution in [0, 0.1) is 0 Å². The summed E-state index contributed by atoms with van der Waals surface area (Å²) in [5.74, 6) is -0.0868. The number of amides is 1. The Morgan fingerprint density at radius 3 is 2.27 bits per heavy atom. The number of sulfonamides is 1. The third kappa shape index (κ3) is 5.15. The Hall–Kier alpha value is -1.31. The predicted molar refractivity (Wildman–Crippen MR) is 90.8 cm³/mol. The lowest BCUT2D eigenvalue weighted by Gasteiger charge is -2.11. The first-order valence-electron chi connectivity index (χ1n) is 7.05. The molecule has 4 N–H and O–H groups in total. The molecule has 1 aliphatic rings. The van der Waals surface area contributed by atoms with E-state index in [4.69, 9.17) is 5.73 Å². The zero-order valence-electron chi connectivity index (χ0n) is 12.5. The molecular formula is C14H22ClN3O3S. The number of carbonyl (C=O) groups excluding carboxylic acids is 1. The fraction of sp³-hybridized carbons (Fsp3) is 0.500. The summed E-state index contributed by atoms with van der Waals surface area (Å²) in [5.41, 5.74) is 6.16. The number of nitrogens with two attached hydrogens (primary N) is 1. The molecule has 0 atom stereocenters. The molecule has 0 aromatic heterocycles. The number of nitrogens with one attached hydrogen (secondary N) is 2. The number of hydrogen-bond donors (Lipinski definition) is 3. The highest BCUT2D eigenvalue weighted by molar-refractivity contribution is 7.92. The van der Waals surface area contributed by atoms with Crippen LogP contribution in [0.1, 0.15) is 32.6 Å². The molecule has 124 valence electrons. The summed E-state index contributed by atoms with van der Waals surface area (Å²) < 4.78 is 26.0. The van der Waals surface area contributed by atoms with Gasteiger partial charge < -0.3 is 11.1 Å². The Bertz CT molecular complexity index is 613. The van der Waals surface area contributed by atoms with Crippen LogP contribution in [0.3, 0.4) is 0 Å². The van der Waals surface area contributed by atoms with Crippen molar-refractivity contribution in [3.05, 3.63) is 24.3 Å². The average molecular weight is 348 g/mol. The number of unbranched alkanes of at least 4 members (excludes halogenated alkanes) is 1. The SMILES string of the molecule is CCCCS(=O)(=O)Nc1ccc(NC(=O)C2(N)CC2)cc1.Cl. The van der Waals surface area contributed by atoms with Crippen molar-refractivity contribution in [1.82, 2.24) is 0 Å². The van der Waals surface area contributed by atoms with E-state index >= 15 is 0 Å². The average Bonchev–Trinajstić information content (AvgIpc) is 3.18. The summed E-state index contributed by atoms with van der Waals surface area (Å²) in [6, 6.07) is 6.55. The molecule has 22 heavy (non-hydrogen) atoms. The van der Waals surface area contributed by atoms with E-state index in [0.717, 1.165) is 6.42 Å². The largest absolute Gasteiger partial charge is 0.324 e. The number of carbonyl (C=O) groups is 1. The molecule has 0 saturated heterocycles. The molecule has 0 radical (unpaired) electrons. The molecule has 0 unspecified atom stereocenters. The number of halogens is 1. The molecule has 1 fully saturated rings. The molecule has 0 aliphatic heterocycles. The molecule has 1 aromatic rings. The lowest BCUT2D eigenvalue weighted by molar-refractivity contribution is -0.118. The van der Waals surface area contributed by atoms with Gasteiger partial charge in [-0.15, -0.1) is 12.4 Å². The molecule has 1 aliphatic carbocycles. The van der Waals surface area contributed by atoms with Gasteiger partial charge in [0.25, 0.3) is 0 Å². The van der Waals surface area contributed by atoms with Gasteiger partial charge in [-0.2, -0.15) is 0 Å². The topological polar surface area (TPSA) is 101 Å². The quantitative estimate of drug-likeness (QED) is 0.702. The Balaban J connectivity index is 0.00000242. The van der Waals surface area contributed by atoms with Crippen LogP contribution in [0.5, 0.6) is 0 Å². The second-order valence-corrected chi connectivity index (χ2v) is 7.30. The van der Waals surface area contributed by atoms with Gasteiger partial charge in [0, 0.05) is 11.4 Å². The van der Waals surface area contributed by atoms with E-state index in [1.54, 1.807) is 24.3 Å². The minimum absolute atomic E-state index is 0. The minimum atomic E-state index is -3.30. The molecule has 2 rings (SSSR count). The van der Waals surface area contributed by atoms with E-state index in [0.29, 0.717) is 30.6 Å². The van der Waals surface area contributed by atoms with Gasteiger partial charge in [0.15, 0.2) is 0 Å². The predicted octanol–water partition coefficient (Wildman–Crippen LogP) is 2.08. The molecule has 0 bridgehead atoms. The van der Waals surface area contributed by atoms with Crippen molar-refractivity contribution in [2.75, 3.05) is 15.8 Å². The van der Waals surface area contributed by atoms with Gasteiger partial charge in [-0.1, -0.05) is 13.3 Å². The minimum Gasteiger partial charge on any atom is -0.324 e. The summed E-state index contributed by atoms with van der Waals surface area (Å²) in [6.07, 6.45) is 2.86. The van der Waals surface area contributed by atoms with Gasteiger partial charge in [-0.25, -0.2) is 8.42 Å². The Morgan fingerprint density at radius 1 is 1.23 bits per heavy atom. The highest BCUT2D eigenvalue weighted by atomic mass is 35.5. The Morgan fingerprint density at radius 2 is 1.77 bits per heavy atom. The van der Waals surface area contributed by atoms with Crippen LogP contribution in [0.25, 0.3) is 0 Å². The third-order valence-corrected chi connectivity index (χ3v) is 4.80. The van der Waals surface area contributed by atoms with Crippen LogP contribution in [0.15, 0.2) is 24.3 Å². The zero-order valence-corrected chi connectivity index (χ0v) is 14.1. The van der Waals surface area contributed by atoms with Crippen molar-refractivity contribution in [3.8, 4) is 0 Å². The van der Waals surface area contributed by atoms with E-state index in [1.807, 2.05) is 6.92 Å². The van der Waals surface area contributed by atoms with E-state index in [9.17, 15) is 13.2 Å². The van der Waals surface area contributed by atoms with Gasteiger partial charge in [0.1, 0.15) is 0 Å². The molecular weight excluding hydrogens is 326 g/mol. The van der Waals surface area contributed by atoms with Gasteiger partial charge in [-0.3, -0.25) is 9.52 Å². The Kier molecular flexibility index (Phi) is 6.22. The number of benzene rings is 1. The molecule has 0 spiro atoms. The van der Waals surface area contributed by atoms with Crippen molar-refractivity contribution >= 4 is 39.7 Å². The van der Waals surface area contributed by atoms with Crippen LogP contribution in [0.2, 0.25) is 0 Å².